The molecule has 0 bridgehead atoms. The van der Waals surface area contributed by atoms with Crippen LogP contribution >= 0.6 is 0 Å². The number of carbonyl (C=O) groups is 1. The predicted molar refractivity (Wildman–Crippen MR) is 69.4 cm³/mol. The van der Waals surface area contributed by atoms with E-state index in [1.54, 1.807) is 12.4 Å². The molecular weight excluding hydrogens is 226 g/mol. The van der Waals surface area contributed by atoms with Crippen LogP contribution in [0, 0.1) is 0 Å². The van der Waals surface area contributed by atoms with Gasteiger partial charge < -0.3 is 9.88 Å². The third-order valence-corrected chi connectivity index (χ3v) is 3.39. The number of hydrogen-bond acceptors (Lipinski definition) is 2. The highest BCUT2D eigenvalue weighted by Gasteiger charge is 2.23. The maximum absolute atomic E-state index is 11.9. The maximum Gasteiger partial charge on any atom is 0.253 e. The second-order valence-electron chi connectivity index (χ2n) is 4.38. The van der Waals surface area contributed by atoms with Crippen molar-refractivity contribution in [3.8, 4) is 11.3 Å². The van der Waals surface area contributed by atoms with Gasteiger partial charge in [-0.05, 0) is 25.1 Å². The van der Waals surface area contributed by atoms with Crippen molar-refractivity contribution in [1.29, 1.82) is 0 Å². The van der Waals surface area contributed by atoms with Crippen molar-refractivity contribution in [2.24, 2.45) is 0 Å². The van der Waals surface area contributed by atoms with Crippen molar-refractivity contribution in [1.82, 2.24) is 14.9 Å². The van der Waals surface area contributed by atoms with Crippen LogP contribution in [0.2, 0.25) is 0 Å². The smallest absolute Gasteiger partial charge is 0.253 e. The summed E-state index contributed by atoms with van der Waals surface area (Å²) in [5.41, 5.74) is 4.17. The largest absolute Gasteiger partial charge is 0.352 e. The summed E-state index contributed by atoms with van der Waals surface area (Å²) < 4.78 is 2.23. The number of nitrogens with one attached hydrogen (secondary N) is 1. The standard InChI is InChI=1S/C14H15N3O/c1-2-17-12-5-8-16-14(18)11(12)9-13(17)10-3-6-15-7-4-10/h3-4,6-7,9H,2,5,8H2,1H3,(H,16,18). The van der Waals surface area contributed by atoms with Crippen molar-refractivity contribution in [3.05, 3.63) is 41.9 Å². The van der Waals surface area contributed by atoms with Crippen LogP contribution in [0.25, 0.3) is 11.3 Å². The molecule has 0 saturated carbocycles. The number of rotatable bonds is 2. The van der Waals surface area contributed by atoms with E-state index in [4.69, 9.17) is 0 Å². The molecule has 0 radical (unpaired) electrons. The Hall–Kier alpha value is -2.10. The molecule has 2 aromatic rings. The molecule has 0 atom stereocenters. The minimum Gasteiger partial charge on any atom is -0.352 e. The Balaban J connectivity index is 2.19. The molecule has 0 unspecified atom stereocenters. The van der Waals surface area contributed by atoms with Crippen LogP contribution in [-0.2, 0) is 13.0 Å². The molecule has 3 heterocycles. The van der Waals surface area contributed by atoms with Gasteiger partial charge >= 0.3 is 0 Å². The first-order chi connectivity index (χ1) is 8.81. The van der Waals surface area contributed by atoms with E-state index in [0.29, 0.717) is 0 Å². The maximum atomic E-state index is 11.9. The molecule has 2 aromatic heterocycles. The van der Waals surface area contributed by atoms with Gasteiger partial charge in [0.05, 0.1) is 5.56 Å². The second-order valence-corrected chi connectivity index (χ2v) is 4.38. The Kier molecular flexibility index (Phi) is 2.63. The molecule has 0 spiro atoms. The minimum absolute atomic E-state index is 0.0405. The number of aromatic nitrogens is 2. The van der Waals surface area contributed by atoms with Gasteiger partial charge in [0.2, 0.25) is 0 Å². The Bertz CT molecular complexity index is 587. The lowest BCUT2D eigenvalue weighted by Crippen LogP contribution is -2.32. The van der Waals surface area contributed by atoms with Gasteiger partial charge in [0.15, 0.2) is 0 Å². The zero-order valence-corrected chi connectivity index (χ0v) is 10.3. The van der Waals surface area contributed by atoms with Crippen LogP contribution in [0.1, 0.15) is 23.0 Å². The Morgan fingerprint density at radius 2 is 2.17 bits per heavy atom. The number of nitrogens with zero attached hydrogens (tertiary/aromatic N) is 2. The lowest BCUT2D eigenvalue weighted by molar-refractivity contribution is 0.0945. The summed E-state index contributed by atoms with van der Waals surface area (Å²) in [4.78, 5) is 15.9. The van der Waals surface area contributed by atoms with Crippen LogP contribution < -0.4 is 5.32 Å². The molecule has 1 N–H and O–H groups in total. The molecule has 18 heavy (non-hydrogen) atoms. The first kappa shape index (κ1) is 11.0. The summed E-state index contributed by atoms with van der Waals surface area (Å²) in [6, 6.07) is 5.94. The van der Waals surface area contributed by atoms with E-state index in [1.165, 1.54) is 0 Å². The first-order valence-corrected chi connectivity index (χ1v) is 6.22. The van der Waals surface area contributed by atoms with E-state index >= 15 is 0 Å². The lowest BCUT2D eigenvalue weighted by atomic mass is 10.1. The average Bonchev–Trinajstić information content (AvgIpc) is 2.80. The molecule has 4 nitrogen and oxygen atoms in total. The number of fused-ring (bicyclic) bond motifs is 1. The van der Waals surface area contributed by atoms with E-state index in [0.717, 1.165) is 42.0 Å². The van der Waals surface area contributed by atoms with Gasteiger partial charge in [-0.15, -0.1) is 0 Å². The van der Waals surface area contributed by atoms with Crippen molar-refractivity contribution in [3.63, 3.8) is 0 Å². The van der Waals surface area contributed by atoms with Gasteiger partial charge in [-0.1, -0.05) is 0 Å². The molecule has 1 aliphatic rings. The Morgan fingerprint density at radius 1 is 1.39 bits per heavy atom. The van der Waals surface area contributed by atoms with Crippen LogP contribution in [0.3, 0.4) is 0 Å². The van der Waals surface area contributed by atoms with Crippen LogP contribution in [-0.4, -0.2) is 22.0 Å². The first-order valence-electron chi connectivity index (χ1n) is 6.22. The fraction of sp³-hybridized carbons (Fsp3) is 0.286. The highest BCUT2D eigenvalue weighted by molar-refractivity contribution is 5.98. The molecule has 4 heteroatoms. The number of amides is 1. The number of pyridine rings is 1. The van der Waals surface area contributed by atoms with Gasteiger partial charge in [0, 0.05) is 48.9 Å². The van der Waals surface area contributed by atoms with E-state index in [2.05, 4.69) is 21.8 Å². The van der Waals surface area contributed by atoms with Crippen molar-refractivity contribution < 1.29 is 4.79 Å². The number of hydrogen-bond donors (Lipinski definition) is 1. The summed E-state index contributed by atoms with van der Waals surface area (Å²) in [6.45, 7) is 3.71. The van der Waals surface area contributed by atoms with Gasteiger partial charge in [-0.25, -0.2) is 0 Å². The second kappa shape index (κ2) is 4.29. The highest BCUT2D eigenvalue weighted by atomic mass is 16.1. The van der Waals surface area contributed by atoms with E-state index in [-0.39, 0.29) is 5.91 Å². The summed E-state index contributed by atoms with van der Waals surface area (Å²) >= 11 is 0. The van der Waals surface area contributed by atoms with Crippen LogP contribution in [0.15, 0.2) is 30.6 Å². The summed E-state index contributed by atoms with van der Waals surface area (Å²) in [5, 5.41) is 2.89. The van der Waals surface area contributed by atoms with Gasteiger partial charge in [-0.3, -0.25) is 9.78 Å². The molecule has 1 amide bonds. The van der Waals surface area contributed by atoms with Gasteiger partial charge in [-0.2, -0.15) is 0 Å². The summed E-state index contributed by atoms with van der Waals surface area (Å²) in [5.74, 6) is 0.0405. The van der Waals surface area contributed by atoms with Gasteiger partial charge in [0.25, 0.3) is 5.91 Å². The van der Waals surface area contributed by atoms with Crippen LogP contribution in [0.5, 0.6) is 0 Å². The number of carbonyl (C=O) groups excluding carboxylic acids is 1. The fourth-order valence-electron chi connectivity index (χ4n) is 2.57. The lowest BCUT2D eigenvalue weighted by Gasteiger charge is -2.16. The monoisotopic (exact) mass is 241 g/mol. The summed E-state index contributed by atoms with van der Waals surface area (Å²) in [6.07, 6.45) is 4.46. The normalized spacial score (nSPS) is 14.2. The molecule has 0 aliphatic carbocycles. The van der Waals surface area contributed by atoms with Gasteiger partial charge in [0.1, 0.15) is 0 Å². The van der Waals surface area contributed by atoms with Crippen molar-refractivity contribution >= 4 is 5.91 Å². The molecular formula is C14H15N3O. The molecule has 92 valence electrons. The van der Waals surface area contributed by atoms with Crippen molar-refractivity contribution in [2.45, 2.75) is 19.9 Å². The molecule has 0 saturated heterocycles. The van der Waals surface area contributed by atoms with Crippen LogP contribution in [0.4, 0.5) is 0 Å². The van der Waals surface area contributed by atoms with E-state index in [1.807, 2.05) is 18.2 Å². The molecule has 0 fully saturated rings. The third kappa shape index (κ3) is 1.61. The molecule has 3 rings (SSSR count). The SMILES string of the molecule is CCn1c(-c2ccncc2)cc2c1CCNC2=O. The van der Waals surface area contributed by atoms with Crippen molar-refractivity contribution in [2.75, 3.05) is 6.54 Å². The zero-order chi connectivity index (χ0) is 12.5. The predicted octanol–water partition coefficient (Wildman–Crippen LogP) is 1.86. The minimum atomic E-state index is 0.0405. The Morgan fingerprint density at radius 3 is 2.89 bits per heavy atom. The summed E-state index contributed by atoms with van der Waals surface area (Å²) in [7, 11) is 0. The zero-order valence-electron chi connectivity index (χ0n) is 10.3. The third-order valence-electron chi connectivity index (χ3n) is 3.39. The quantitative estimate of drug-likeness (QED) is 0.872. The Labute approximate surface area is 106 Å². The fourth-order valence-corrected chi connectivity index (χ4v) is 2.57. The van der Waals surface area contributed by atoms with E-state index in [9.17, 15) is 4.79 Å². The highest BCUT2D eigenvalue weighted by Crippen LogP contribution is 2.27. The van der Waals surface area contributed by atoms with E-state index < -0.39 is 0 Å². The average molecular weight is 241 g/mol. The molecule has 1 aliphatic heterocycles. The topological polar surface area (TPSA) is 46.9 Å². The molecule has 0 aromatic carbocycles.